The molecule has 1 atom stereocenters. The number of hydrogen-bond donors (Lipinski definition) is 0. The molecule has 1 aliphatic heterocycles. The highest BCUT2D eigenvalue weighted by Gasteiger charge is 2.36. The Labute approximate surface area is 192 Å². The Morgan fingerprint density at radius 2 is 2.00 bits per heavy atom. The zero-order chi connectivity index (χ0) is 23.8. The summed E-state index contributed by atoms with van der Waals surface area (Å²) >= 11 is 6.34. The van der Waals surface area contributed by atoms with E-state index in [1.165, 1.54) is 24.1 Å². The number of ketones is 1. The van der Waals surface area contributed by atoms with E-state index in [0.29, 0.717) is 17.5 Å². The summed E-state index contributed by atoms with van der Waals surface area (Å²) in [5.41, 5.74) is 0.814. The summed E-state index contributed by atoms with van der Waals surface area (Å²) in [6, 6.07) is 1.29. The molecule has 12 heteroatoms. The van der Waals surface area contributed by atoms with Crippen LogP contribution in [0.3, 0.4) is 0 Å². The fraction of sp³-hybridized carbons (Fsp3) is 0.500. The number of fused-ring (bicyclic) bond motifs is 1. The summed E-state index contributed by atoms with van der Waals surface area (Å²) in [6.07, 6.45) is 1.27. The number of nitrogens with zero attached hydrogens (tertiary/aromatic N) is 2. The molecule has 2 heterocycles. The third-order valence-electron chi connectivity index (χ3n) is 5.35. The average molecular weight is 505 g/mol. The van der Waals surface area contributed by atoms with E-state index >= 15 is 0 Å². The molecule has 0 N–H and O–H groups in total. The van der Waals surface area contributed by atoms with Gasteiger partial charge in [0.2, 0.25) is 5.88 Å². The third kappa shape index (κ3) is 4.43. The number of methoxy groups -OCH3 is 1. The van der Waals surface area contributed by atoms with Crippen molar-refractivity contribution in [1.82, 2.24) is 9.78 Å². The molecule has 1 aliphatic rings. The van der Waals surface area contributed by atoms with Gasteiger partial charge in [-0.05, 0) is 38.3 Å². The van der Waals surface area contributed by atoms with Crippen molar-refractivity contribution in [1.29, 1.82) is 0 Å². The number of carbonyl (C=O) groups excluding carboxylic acids is 1. The Hall–Kier alpha value is -1.95. The fourth-order valence-electron chi connectivity index (χ4n) is 3.83. The smallest absolute Gasteiger partial charge is 0.310 e. The minimum absolute atomic E-state index is 0.0300. The Morgan fingerprint density at radius 3 is 2.59 bits per heavy atom. The quantitative estimate of drug-likeness (QED) is 0.397. The molecule has 32 heavy (non-hydrogen) atoms. The minimum Gasteiger partial charge on any atom is -0.377 e. The molecule has 0 saturated heterocycles. The van der Waals surface area contributed by atoms with Crippen LogP contribution < -0.4 is 4.18 Å². The third-order valence-corrected chi connectivity index (χ3v) is 8.91. The normalized spacial score (nSPS) is 17.7. The summed E-state index contributed by atoms with van der Waals surface area (Å²) in [4.78, 5) is 13.4. The van der Waals surface area contributed by atoms with Crippen LogP contribution in [0.15, 0.2) is 17.2 Å². The molecule has 0 spiro atoms. The first kappa shape index (κ1) is 24.7. The van der Waals surface area contributed by atoms with Gasteiger partial charge in [-0.25, -0.2) is 13.1 Å². The van der Waals surface area contributed by atoms with Gasteiger partial charge in [-0.1, -0.05) is 18.5 Å². The van der Waals surface area contributed by atoms with Crippen LogP contribution in [-0.4, -0.2) is 51.0 Å². The summed E-state index contributed by atoms with van der Waals surface area (Å²) in [5, 5.41) is 3.99. The molecule has 0 bridgehead atoms. The van der Waals surface area contributed by atoms with Gasteiger partial charge < -0.3 is 8.92 Å². The first-order valence-corrected chi connectivity index (χ1v) is 13.7. The van der Waals surface area contributed by atoms with Crippen LogP contribution in [0.5, 0.6) is 5.88 Å². The number of aromatic nitrogens is 2. The van der Waals surface area contributed by atoms with E-state index in [0.717, 1.165) is 0 Å². The van der Waals surface area contributed by atoms with E-state index < -0.39 is 31.8 Å². The van der Waals surface area contributed by atoms with Crippen molar-refractivity contribution >= 4 is 37.3 Å². The van der Waals surface area contributed by atoms with Crippen molar-refractivity contribution in [3.63, 3.8) is 0 Å². The number of aryl methyl sites for hydroxylation is 1. The number of sulfone groups is 1. The van der Waals surface area contributed by atoms with Crippen LogP contribution in [-0.2, 0) is 31.2 Å². The summed E-state index contributed by atoms with van der Waals surface area (Å²) < 4.78 is 61.8. The van der Waals surface area contributed by atoms with Gasteiger partial charge >= 0.3 is 10.1 Å². The van der Waals surface area contributed by atoms with Crippen molar-refractivity contribution in [2.24, 2.45) is 0 Å². The molecule has 2 aromatic rings. The van der Waals surface area contributed by atoms with Gasteiger partial charge in [-0.3, -0.25) is 4.79 Å². The predicted molar refractivity (Wildman–Crippen MR) is 119 cm³/mol. The Kier molecular flexibility index (Phi) is 7.04. The van der Waals surface area contributed by atoms with Gasteiger partial charge in [0.1, 0.15) is 5.56 Å². The van der Waals surface area contributed by atoms with Crippen molar-refractivity contribution < 1.29 is 30.6 Å². The Morgan fingerprint density at radius 1 is 1.31 bits per heavy atom. The lowest BCUT2D eigenvalue weighted by molar-refractivity contribution is 0.0952. The predicted octanol–water partition coefficient (Wildman–Crippen LogP) is 3.08. The van der Waals surface area contributed by atoms with Gasteiger partial charge in [-0.15, -0.1) is 0 Å². The van der Waals surface area contributed by atoms with Gasteiger partial charge in [0, 0.05) is 24.8 Å². The molecular formula is C20H25ClN2O7S2. The molecule has 9 nitrogen and oxygen atoms in total. The van der Waals surface area contributed by atoms with Crippen LogP contribution in [0.2, 0.25) is 5.02 Å². The maximum absolute atomic E-state index is 13.5. The number of hydrogen-bond acceptors (Lipinski definition) is 8. The molecule has 0 radical (unpaired) electrons. The molecule has 0 aliphatic carbocycles. The zero-order valence-electron chi connectivity index (χ0n) is 18.2. The van der Waals surface area contributed by atoms with E-state index in [1.807, 2.05) is 0 Å². The second-order valence-electron chi connectivity index (χ2n) is 7.46. The largest absolute Gasteiger partial charge is 0.377 e. The van der Waals surface area contributed by atoms with Crippen LogP contribution in [0.4, 0.5) is 0 Å². The number of carbonyl (C=O) groups is 1. The van der Waals surface area contributed by atoms with Gasteiger partial charge in [-0.2, -0.15) is 13.5 Å². The second kappa shape index (κ2) is 9.12. The number of benzene rings is 1. The average Bonchev–Trinajstić information content (AvgIpc) is 3.11. The molecule has 0 fully saturated rings. The SMILES string of the molecule is CCCS(=O)(=O)Oc1c(C(=O)c2cc(Cl)c3c(c2C)C(OC)CCS3(=O)=O)cnn1CC. The van der Waals surface area contributed by atoms with Gasteiger partial charge in [0.05, 0.1) is 33.7 Å². The van der Waals surface area contributed by atoms with E-state index in [2.05, 4.69) is 5.10 Å². The minimum atomic E-state index is -3.92. The van der Waals surface area contributed by atoms with E-state index in [4.69, 9.17) is 20.5 Å². The highest BCUT2D eigenvalue weighted by Crippen LogP contribution is 2.42. The molecule has 0 amide bonds. The van der Waals surface area contributed by atoms with Crippen molar-refractivity contribution in [2.75, 3.05) is 18.6 Å². The van der Waals surface area contributed by atoms with Gasteiger partial charge in [0.25, 0.3) is 0 Å². The van der Waals surface area contributed by atoms with Crippen LogP contribution in [0.25, 0.3) is 0 Å². The highest BCUT2D eigenvalue weighted by atomic mass is 35.5. The summed E-state index contributed by atoms with van der Waals surface area (Å²) in [6.45, 7) is 5.32. The van der Waals surface area contributed by atoms with E-state index in [1.54, 1.807) is 20.8 Å². The first-order chi connectivity index (χ1) is 15.0. The first-order valence-electron chi connectivity index (χ1n) is 10.1. The van der Waals surface area contributed by atoms with Crippen molar-refractivity contribution in [3.8, 4) is 5.88 Å². The lowest BCUT2D eigenvalue weighted by Crippen LogP contribution is -2.24. The topological polar surface area (TPSA) is 122 Å². The molecular weight excluding hydrogens is 480 g/mol. The van der Waals surface area contributed by atoms with Crippen molar-refractivity contribution in [2.45, 2.75) is 51.2 Å². The number of ether oxygens (including phenoxy) is 1. The van der Waals surface area contributed by atoms with E-state index in [9.17, 15) is 21.6 Å². The number of rotatable bonds is 8. The highest BCUT2D eigenvalue weighted by molar-refractivity contribution is 7.91. The summed E-state index contributed by atoms with van der Waals surface area (Å²) in [7, 11) is -6.09. The van der Waals surface area contributed by atoms with Crippen molar-refractivity contribution in [3.05, 3.63) is 39.5 Å². The molecule has 1 aromatic heterocycles. The number of halogens is 1. The van der Waals surface area contributed by atoms with Crippen LogP contribution in [0.1, 0.15) is 59.8 Å². The molecule has 176 valence electrons. The van der Waals surface area contributed by atoms with Crippen LogP contribution in [0, 0.1) is 6.92 Å². The molecule has 1 aromatic carbocycles. The maximum Gasteiger partial charge on any atom is 0.310 e. The molecule has 3 rings (SSSR count). The Bertz CT molecular complexity index is 1270. The van der Waals surface area contributed by atoms with E-state index in [-0.39, 0.29) is 51.4 Å². The standard InChI is InChI=1S/C20H25ClN2O7S2/c1-5-8-32(27,28)30-20-14(11-22-23(20)6-2)18(24)13-10-15(21)19-17(12(13)3)16(29-4)7-9-31(19,25)26/h10-11,16H,5-9H2,1-4H3. The zero-order valence-corrected chi connectivity index (χ0v) is 20.6. The monoisotopic (exact) mass is 504 g/mol. The fourth-order valence-corrected chi connectivity index (χ4v) is 7.10. The molecule has 0 saturated carbocycles. The van der Waals surface area contributed by atoms with Gasteiger partial charge in [0.15, 0.2) is 15.6 Å². The van der Waals surface area contributed by atoms with Crippen LogP contribution >= 0.6 is 11.6 Å². The lowest BCUT2D eigenvalue weighted by atomic mass is 9.92. The second-order valence-corrected chi connectivity index (χ2v) is 11.6. The lowest BCUT2D eigenvalue weighted by Gasteiger charge is -2.28. The summed E-state index contributed by atoms with van der Waals surface area (Å²) in [5.74, 6) is -1.09. The molecule has 1 unspecified atom stereocenters. The Balaban J connectivity index is 2.18. The maximum atomic E-state index is 13.5.